The topological polar surface area (TPSA) is 55.4 Å². The predicted octanol–water partition coefficient (Wildman–Crippen LogP) is 5.53. The normalized spacial score (nSPS) is 13.0. The second-order valence-corrected chi connectivity index (χ2v) is 8.51. The molecule has 0 saturated carbocycles. The second-order valence-electron chi connectivity index (χ2n) is 5.98. The van der Waals surface area contributed by atoms with Crippen molar-refractivity contribution in [2.75, 3.05) is 11.9 Å². The molecule has 1 aromatic carbocycles. The fourth-order valence-electron chi connectivity index (χ4n) is 3.23. The molecule has 0 radical (unpaired) electrons. The fraction of sp³-hybridized carbons (Fsp3) is 0.263. The number of ether oxygens (including phenoxy) is 1. The Balaban J connectivity index is 1.69. The molecule has 1 N–H and O–H groups in total. The Kier molecular flexibility index (Phi) is 4.73. The molecule has 0 bridgehead atoms. The molecule has 3 aromatic rings. The van der Waals surface area contributed by atoms with Crippen LogP contribution in [0.1, 0.15) is 43.8 Å². The summed E-state index contributed by atoms with van der Waals surface area (Å²) in [5.41, 5.74) is 1.53. The van der Waals surface area contributed by atoms with Gasteiger partial charge in [-0.25, -0.2) is 4.79 Å². The van der Waals surface area contributed by atoms with Crippen LogP contribution < -0.4 is 5.32 Å². The van der Waals surface area contributed by atoms with E-state index in [0.717, 1.165) is 39.8 Å². The molecular weight excluding hydrogens is 390 g/mol. The molecule has 0 fully saturated rings. The van der Waals surface area contributed by atoms with Crippen LogP contribution in [0.5, 0.6) is 0 Å². The number of thiophene rings is 2. The summed E-state index contributed by atoms with van der Waals surface area (Å²) in [5.74, 6) is -0.661. The van der Waals surface area contributed by atoms with Gasteiger partial charge in [0, 0.05) is 15.0 Å². The maximum Gasteiger partial charge on any atom is 0.341 e. The summed E-state index contributed by atoms with van der Waals surface area (Å²) < 4.78 is 6.16. The third-order valence-electron chi connectivity index (χ3n) is 4.37. The van der Waals surface area contributed by atoms with Gasteiger partial charge in [-0.05, 0) is 37.8 Å². The molecule has 2 aromatic heterocycles. The highest BCUT2D eigenvalue weighted by atomic mass is 35.5. The van der Waals surface area contributed by atoms with E-state index in [2.05, 4.69) is 5.32 Å². The predicted molar refractivity (Wildman–Crippen MR) is 107 cm³/mol. The number of hydrogen-bond donors (Lipinski definition) is 1. The van der Waals surface area contributed by atoms with Gasteiger partial charge in [-0.1, -0.05) is 29.8 Å². The number of anilines is 1. The van der Waals surface area contributed by atoms with Gasteiger partial charge in [0.15, 0.2) is 0 Å². The molecule has 1 aliphatic carbocycles. The smallest absolute Gasteiger partial charge is 0.341 e. The van der Waals surface area contributed by atoms with E-state index in [9.17, 15) is 9.59 Å². The fourth-order valence-corrected chi connectivity index (χ4v) is 5.92. The Morgan fingerprint density at radius 2 is 2.04 bits per heavy atom. The number of carbonyl (C=O) groups excluding carboxylic acids is 2. The molecule has 26 heavy (non-hydrogen) atoms. The molecule has 0 aliphatic heterocycles. The first kappa shape index (κ1) is 17.5. The van der Waals surface area contributed by atoms with Gasteiger partial charge in [0.1, 0.15) is 9.88 Å². The number of hydrogen-bond acceptors (Lipinski definition) is 5. The first-order valence-electron chi connectivity index (χ1n) is 8.40. The van der Waals surface area contributed by atoms with Crippen molar-refractivity contribution in [2.45, 2.75) is 26.2 Å². The number of esters is 1. The third kappa shape index (κ3) is 2.92. The molecule has 4 rings (SSSR count). The number of rotatable bonds is 4. The zero-order chi connectivity index (χ0) is 18.3. The van der Waals surface area contributed by atoms with Gasteiger partial charge in [-0.15, -0.1) is 22.7 Å². The Morgan fingerprint density at radius 1 is 1.23 bits per heavy atom. The summed E-state index contributed by atoms with van der Waals surface area (Å²) in [5, 5.41) is 4.78. The number of amides is 1. The largest absolute Gasteiger partial charge is 0.462 e. The molecule has 1 amide bonds. The Hall–Kier alpha value is -1.89. The zero-order valence-electron chi connectivity index (χ0n) is 14.1. The lowest BCUT2D eigenvalue weighted by molar-refractivity contribution is 0.0527. The molecule has 1 aliphatic rings. The van der Waals surface area contributed by atoms with Crippen LogP contribution in [-0.2, 0) is 17.6 Å². The van der Waals surface area contributed by atoms with E-state index in [0.29, 0.717) is 27.1 Å². The number of nitrogens with one attached hydrogen (secondary N) is 1. The summed E-state index contributed by atoms with van der Waals surface area (Å²) >= 11 is 9.22. The van der Waals surface area contributed by atoms with E-state index in [-0.39, 0.29) is 11.9 Å². The Morgan fingerprint density at radius 3 is 2.81 bits per heavy atom. The maximum absolute atomic E-state index is 12.8. The van der Waals surface area contributed by atoms with Gasteiger partial charge in [0.25, 0.3) is 5.91 Å². The monoisotopic (exact) mass is 405 g/mol. The Bertz CT molecular complexity index is 1020. The zero-order valence-corrected chi connectivity index (χ0v) is 16.4. The SMILES string of the molecule is CCOC(=O)c1c(NC(=O)c2sc3ccccc3c2Cl)sc2c1CCC2. The average Bonchev–Trinajstić information content (AvgIpc) is 3.28. The van der Waals surface area contributed by atoms with Crippen LogP contribution in [0.3, 0.4) is 0 Å². The van der Waals surface area contributed by atoms with Crippen molar-refractivity contribution in [1.29, 1.82) is 0 Å². The minimum atomic E-state index is -0.371. The minimum absolute atomic E-state index is 0.290. The molecule has 0 unspecified atom stereocenters. The van der Waals surface area contributed by atoms with Crippen LogP contribution in [-0.4, -0.2) is 18.5 Å². The standard InChI is InChI=1S/C19H16ClNO3S2/c1-2-24-19(23)14-10-7-5-9-12(10)26-18(14)21-17(22)16-15(20)11-6-3-4-8-13(11)25-16/h3-4,6,8H,2,5,7,9H2,1H3,(H,21,22). The van der Waals surface area contributed by atoms with E-state index in [4.69, 9.17) is 16.3 Å². The van der Waals surface area contributed by atoms with Crippen molar-refractivity contribution in [2.24, 2.45) is 0 Å². The number of benzene rings is 1. The van der Waals surface area contributed by atoms with Crippen LogP contribution >= 0.6 is 34.3 Å². The number of halogens is 1. The summed E-state index contributed by atoms with van der Waals surface area (Å²) in [4.78, 5) is 26.9. The van der Waals surface area contributed by atoms with Crippen molar-refractivity contribution in [3.63, 3.8) is 0 Å². The lowest BCUT2D eigenvalue weighted by atomic mass is 10.1. The van der Waals surface area contributed by atoms with Gasteiger partial charge in [0.05, 0.1) is 17.2 Å². The first-order valence-corrected chi connectivity index (χ1v) is 10.4. The summed E-state index contributed by atoms with van der Waals surface area (Å²) in [6.45, 7) is 2.08. The van der Waals surface area contributed by atoms with E-state index < -0.39 is 0 Å². The van der Waals surface area contributed by atoms with Crippen LogP contribution in [0.15, 0.2) is 24.3 Å². The molecule has 0 atom stereocenters. The highest BCUT2D eigenvalue weighted by Gasteiger charge is 2.29. The number of carbonyl (C=O) groups is 2. The van der Waals surface area contributed by atoms with Crippen molar-refractivity contribution in [3.05, 3.63) is 50.2 Å². The maximum atomic E-state index is 12.8. The highest BCUT2D eigenvalue weighted by molar-refractivity contribution is 7.22. The van der Waals surface area contributed by atoms with Crippen molar-refractivity contribution in [3.8, 4) is 0 Å². The Labute approximate surface area is 163 Å². The lowest BCUT2D eigenvalue weighted by Crippen LogP contribution is -2.14. The summed E-state index contributed by atoms with van der Waals surface area (Å²) in [6, 6.07) is 7.64. The van der Waals surface area contributed by atoms with Crippen LogP contribution in [0.4, 0.5) is 5.00 Å². The van der Waals surface area contributed by atoms with Crippen LogP contribution in [0, 0.1) is 0 Å². The molecule has 2 heterocycles. The average molecular weight is 406 g/mol. The first-order chi connectivity index (χ1) is 12.6. The number of aryl methyl sites for hydroxylation is 1. The molecular formula is C19H16ClNO3S2. The lowest BCUT2D eigenvalue weighted by Gasteiger charge is -2.07. The van der Waals surface area contributed by atoms with E-state index in [1.54, 1.807) is 6.92 Å². The van der Waals surface area contributed by atoms with Crippen molar-refractivity contribution < 1.29 is 14.3 Å². The second kappa shape index (κ2) is 7.02. The summed E-state index contributed by atoms with van der Waals surface area (Å²) in [7, 11) is 0. The van der Waals surface area contributed by atoms with E-state index in [1.807, 2.05) is 24.3 Å². The molecule has 0 saturated heterocycles. The minimum Gasteiger partial charge on any atom is -0.462 e. The van der Waals surface area contributed by atoms with E-state index in [1.165, 1.54) is 22.7 Å². The van der Waals surface area contributed by atoms with Gasteiger partial charge < -0.3 is 10.1 Å². The summed E-state index contributed by atoms with van der Waals surface area (Å²) in [6.07, 6.45) is 2.81. The molecule has 4 nitrogen and oxygen atoms in total. The molecule has 134 valence electrons. The van der Waals surface area contributed by atoms with Crippen LogP contribution in [0.25, 0.3) is 10.1 Å². The molecule has 7 heteroatoms. The molecule has 0 spiro atoms. The van der Waals surface area contributed by atoms with Crippen molar-refractivity contribution >= 4 is 61.2 Å². The van der Waals surface area contributed by atoms with Crippen molar-refractivity contribution in [1.82, 2.24) is 0 Å². The third-order valence-corrected chi connectivity index (χ3v) is 7.25. The van der Waals surface area contributed by atoms with Gasteiger partial charge in [0.2, 0.25) is 0 Å². The van der Waals surface area contributed by atoms with Crippen LogP contribution in [0.2, 0.25) is 5.02 Å². The highest BCUT2D eigenvalue weighted by Crippen LogP contribution is 2.41. The van der Waals surface area contributed by atoms with Gasteiger partial charge in [-0.2, -0.15) is 0 Å². The van der Waals surface area contributed by atoms with Gasteiger partial charge in [-0.3, -0.25) is 4.79 Å². The number of fused-ring (bicyclic) bond motifs is 2. The quantitative estimate of drug-likeness (QED) is 0.580. The van der Waals surface area contributed by atoms with Gasteiger partial charge >= 0.3 is 5.97 Å². The van der Waals surface area contributed by atoms with E-state index >= 15 is 0 Å².